The second-order valence-electron chi connectivity index (χ2n) is 4.45. The van der Waals surface area contributed by atoms with Gasteiger partial charge in [0.2, 0.25) is 0 Å². The van der Waals surface area contributed by atoms with Crippen LogP contribution in [0.15, 0.2) is 18.3 Å². The Morgan fingerprint density at radius 3 is 2.60 bits per heavy atom. The van der Waals surface area contributed by atoms with Crippen LogP contribution >= 0.6 is 0 Å². The number of hydrogen-bond acceptors (Lipinski definition) is 5. The van der Waals surface area contributed by atoms with Gasteiger partial charge in [0.05, 0.1) is 12.8 Å². The van der Waals surface area contributed by atoms with Gasteiger partial charge in [-0.05, 0) is 12.1 Å². The summed E-state index contributed by atoms with van der Waals surface area (Å²) < 4.78 is 10.4. The van der Waals surface area contributed by atoms with Gasteiger partial charge in [0.15, 0.2) is 0 Å². The molecule has 0 atom stereocenters. The molecule has 1 aliphatic heterocycles. The van der Waals surface area contributed by atoms with Crippen LogP contribution < -0.4 is 9.64 Å². The zero-order valence-electron chi connectivity index (χ0n) is 11.5. The second kappa shape index (κ2) is 6.95. The Hall–Kier alpha value is -2.02. The fourth-order valence-corrected chi connectivity index (χ4v) is 2.01. The smallest absolute Gasteiger partial charge is 0.407 e. The number of anilines is 1. The van der Waals surface area contributed by atoms with Crippen molar-refractivity contribution in [2.24, 2.45) is 0 Å². The average molecular weight is 281 g/mol. The third-order valence-corrected chi connectivity index (χ3v) is 3.15. The first-order chi connectivity index (χ1) is 9.70. The van der Waals surface area contributed by atoms with Crippen molar-refractivity contribution in [1.29, 1.82) is 0 Å². The van der Waals surface area contributed by atoms with E-state index in [1.165, 1.54) is 4.90 Å². The largest absolute Gasteiger partial charge is 0.490 e. The van der Waals surface area contributed by atoms with E-state index in [1.807, 2.05) is 12.1 Å². The molecule has 1 saturated heterocycles. The van der Waals surface area contributed by atoms with Crippen LogP contribution in [-0.2, 0) is 4.74 Å². The van der Waals surface area contributed by atoms with Gasteiger partial charge < -0.3 is 24.4 Å². The van der Waals surface area contributed by atoms with E-state index in [0.29, 0.717) is 45.1 Å². The summed E-state index contributed by atoms with van der Waals surface area (Å²) in [5, 5.41) is 8.90. The highest BCUT2D eigenvalue weighted by atomic mass is 16.5. The molecule has 20 heavy (non-hydrogen) atoms. The number of piperazine rings is 1. The minimum absolute atomic E-state index is 0.495. The van der Waals surface area contributed by atoms with Crippen LogP contribution in [0.4, 0.5) is 10.6 Å². The Kier molecular flexibility index (Phi) is 5.00. The maximum Gasteiger partial charge on any atom is 0.407 e. The number of pyridine rings is 1. The minimum atomic E-state index is -0.862. The summed E-state index contributed by atoms with van der Waals surface area (Å²) >= 11 is 0. The van der Waals surface area contributed by atoms with Gasteiger partial charge in [-0.3, -0.25) is 0 Å². The number of hydrogen-bond donors (Lipinski definition) is 1. The third-order valence-electron chi connectivity index (χ3n) is 3.15. The first kappa shape index (κ1) is 14.4. The van der Waals surface area contributed by atoms with Crippen molar-refractivity contribution >= 4 is 11.9 Å². The number of carboxylic acid groups (broad SMARTS) is 1. The van der Waals surface area contributed by atoms with Crippen LogP contribution in [0.5, 0.6) is 5.75 Å². The Morgan fingerprint density at radius 2 is 2.05 bits per heavy atom. The normalized spacial score (nSPS) is 15.2. The van der Waals surface area contributed by atoms with Gasteiger partial charge in [-0.15, -0.1) is 0 Å². The summed E-state index contributed by atoms with van der Waals surface area (Å²) in [4.78, 5) is 18.7. The van der Waals surface area contributed by atoms with Crippen molar-refractivity contribution in [3.8, 4) is 5.75 Å². The van der Waals surface area contributed by atoms with E-state index in [2.05, 4.69) is 9.88 Å². The molecule has 0 unspecified atom stereocenters. The van der Waals surface area contributed by atoms with Crippen LogP contribution in [0.2, 0.25) is 0 Å². The lowest BCUT2D eigenvalue weighted by Gasteiger charge is -2.33. The van der Waals surface area contributed by atoms with Crippen LogP contribution in [0.1, 0.15) is 0 Å². The molecule has 0 spiro atoms. The van der Waals surface area contributed by atoms with E-state index in [9.17, 15) is 4.79 Å². The molecule has 2 rings (SSSR count). The molecular weight excluding hydrogens is 262 g/mol. The first-order valence-electron chi connectivity index (χ1n) is 6.51. The van der Waals surface area contributed by atoms with E-state index < -0.39 is 6.09 Å². The topological polar surface area (TPSA) is 75.1 Å². The van der Waals surface area contributed by atoms with E-state index >= 15 is 0 Å². The summed E-state index contributed by atoms with van der Waals surface area (Å²) in [7, 11) is 1.63. The van der Waals surface area contributed by atoms with Gasteiger partial charge >= 0.3 is 6.09 Å². The highest BCUT2D eigenvalue weighted by Crippen LogP contribution is 2.17. The second-order valence-corrected chi connectivity index (χ2v) is 4.45. The van der Waals surface area contributed by atoms with Gasteiger partial charge in [-0.2, -0.15) is 0 Å². The summed E-state index contributed by atoms with van der Waals surface area (Å²) in [5.74, 6) is 1.55. The number of aromatic nitrogens is 1. The number of rotatable bonds is 5. The minimum Gasteiger partial charge on any atom is -0.490 e. The zero-order chi connectivity index (χ0) is 14.4. The fraction of sp³-hybridized carbons (Fsp3) is 0.538. The molecule has 1 amide bonds. The molecule has 0 aliphatic carbocycles. The summed E-state index contributed by atoms with van der Waals surface area (Å²) in [5.41, 5.74) is 0. The Bertz CT molecular complexity index is 430. The Balaban J connectivity index is 1.86. The molecule has 1 fully saturated rings. The molecule has 0 saturated carbocycles. The molecule has 1 aliphatic rings. The summed E-state index contributed by atoms with van der Waals surface area (Å²) in [6.07, 6.45) is 0.814. The van der Waals surface area contributed by atoms with Gasteiger partial charge in [0.25, 0.3) is 0 Å². The number of carbonyl (C=O) groups is 1. The van der Waals surface area contributed by atoms with Crippen molar-refractivity contribution in [2.75, 3.05) is 51.4 Å². The molecule has 0 radical (unpaired) electrons. The monoisotopic (exact) mass is 281 g/mol. The van der Waals surface area contributed by atoms with E-state index in [-0.39, 0.29) is 0 Å². The van der Waals surface area contributed by atoms with Crippen molar-refractivity contribution in [1.82, 2.24) is 9.88 Å². The number of amides is 1. The Morgan fingerprint density at radius 1 is 1.30 bits per heavy atom. The zero-order valence-corrected chi connectivity index (χ0v) is 11.5. The third kappa shape index (κ3) is 3.74. The van der Waals surface area contributed by atoms with Gasteiger partial charge in [-0.25, -0.2) is 9.78 Å². The lowest BCUT2D eigenvalue weighted by molar-refractivity contribution is 0.142. The SMILES string of the molecule is COCCOc1ccc(N2CCN(C(=O)O)CC2)nc1. The van der Waals surface area contributed by atoms with Crippen LogP contribution in [0.25, 0.3) is 0 Å². The van der Waals surface area contributed by atoms with Crippen molar-refractivity contribution in [3.05, 3.63) is 18.3 Å². The number of nitrogens with zero attached hydrogens (tertiary/aromatic N) is 3. The van der Waals surface area contributed by atoms with Crippen LogP contribution in [0, 0.1) is 0 Å². The number of ether oxygens (including phenoxy) is 2. The lowest BCUT2D eigenvalue weighted by Crippen LogP contribution is -2.48. The Labute approximate surface area is 117 Å². The van der Waals surface area contributed by atoms with Crippen LogP contribution in [0.3, 0.4) is 0 Å². The van der Waals surface area contributed by atoms with Gasteiger partial charge in [-0.1, -0.05) is 0 Å². The molecule has 2 heterocycles. The maximum absolute atomic E-state index is 10.8. The fourth-order valence-electron chi connectivity index (χ4n) is 2.01. The maximum atomic E-state index is 10.8. The average Bonchev–Trinajstić information content (AvgIpc) is 2.48. The predicted molar refractivity (Wildman–Crippen MR) is 73.4 cm³/mol. The quantitative estimate of drug-likeness (QED) is 0.808. The summed E-state index contributed by atoms with van der Waals surface area (Å²) in [6, 6.07) is 3.75. The molecule has 1 aromatic rings. The van der Waals surface area contributed by atoms with E-state index in [4.69, 9.17) is 14.6 Å². The lowest BCUT2D eigenvalue weighted by atomic mass is 10.3. The molecule has 1 aromatic heterocycles. The molecule has 0 aromatic carbocycles. The van der Waals surface area contributed by atoms with E-state index in [0.717, 1.165) is 5.82 Å². The van der Waals surface area contributed by atoms with Crippen molar-refractivity contribution in [3.63, 3.8) is 0 Å². The van der Waals surface area contributed by atoms with Crippen molar-refractivity contribution < 1.29 is 19.4 Å². The predicted octanol–water partition coefficient (Wildman–Crippen LogP) is 0.907. The highest BCUT2D eigenvalue weighted by Gasteiger charge is 2.20. The van der Waals surface area contributed by atoms with Crippen LogP contribution in [-0.4, -0.2) is 67.6 Å². The summed E-state index contributed by atoms with van der Waals surface area (Å²) in [6.45, 7) is 3.35. The van der Waals surface area contributed by atoms with Crippen molar-refractivity contribution in [2.45, 2.75) is 0 Å². The standard InChI is InChI=1S/C13H19N3O4/c1-19-8-9-20-11-2-3-12(14-10-11)15-4-6-16(7-5-15)13(17)18/h2-3,10H,4-9H2,1H3,(H,17,18). The molecule has 7 nitrogen and oxygen atoms in total. The van der Waals surface area contributed by atoms with Gasteiger partial charge in [0, 0.05) is 33.3 Å². The first-order valence-corrected chi connectivity index (χ1v) is 6.51. The molecule has 110 valence electrons. The molecular formula is C13H19N3O4. The number of methoxy groups -OCH3 is 1. The van der Waals surface area contributed by atoms with E-state index in [1.54, 1.807) is 13.3 Å². The highest BCUT2D eigenvalue weighted by molar-refractivity contribution is 5.65. The molecule has 1 N–H and O–H groups in total. The molecule has 7 heteroatoms. The molecule has 0 bridgehead atoms. The van der Waals surface area contributed by atoms with Gasteiger partial charge in [0.1, 0.15) is 18.2 Å².